The zero-order chi connectivity index (χ0) is 25.4. The van der Waals surface area contributed by atoms with Gasteiger partial charge in [0, 0.05) is 22.6 Å². The van der Waals surface area contributed by atoms with Gasteiger partial charge in [0.25, 0.3) is 0 Å². The minimum Gasteiger partial charge on any atom is -0.508 e. The van der Waals surface area contributed by atoms with Crippen molar-refractivity contribution in [3.05, 3.63) is 94.0 Å². The normalized spacial score (nSPS) is 10.9. The second kappa shape index (κ2) is 9.26. The molecule has 180 valence electrons. The fraction of sp³-hybridized carbons (Fsp3) is 0.200. The second-order valence-electron chi connectivity index (χ2n) is 9.14. The molecule has 3 N–H and O–H groups in total. The average Bonchev–Trinajstić information content (AvgIpc) is 2.82. The molecule has 0 atom stereocenters. The largest absolute Gasteiger partial charge is 0.508 e. The lowest BCUT2D eigenvalue weighted by Crippen LogP contribution is -2.13. The van der Waals surface area contributed by atoms with Crippen molar-refractivity contribution in [2.75, 3.05) is 4.90 Å². The second-order valence-corrected chi connectivity index (χ2v) is 9.14. The van der Waals surface area contributed by atoms with Crippen LogP contribution < -0.4 is 9.64 Å². The maximum Gasteiger partial charge on any atom is 0.134 e. The molecule has 0 saturated heterocycles. The van der Waals surface area contributed by atoms with Crippen molar-refractivity contribution in [3.63, 3.8) is 0 Å². The molecule has 0 fully saturated rings. The highest BCUT2D eigenvalue weighted by molar-refractivity contribution is 5.82. The van der Waals surface area contributed by atoms with E-state index in [1.165, 1.54) is 0 Å². The van der Waals surface area contributed by atoms with Gasteiger partial charge in [-0.15, -0.1) is 0 Å². The SMILES string of the molecule is Cc1cc(N(c2ccc(Oc3ccc(C)c(O)c3C)cc2)c2cc(C)c(O)cc2C)c(C)cc1O. The van der Waals surface area contributed by atoms with Crippen molar-refractivity contribution >= 4 is 17.1 Å². The van der Waals surface area contributed by atoms with E-state index in [9.17, 15) is 15.3 Å². The van der Waals surface area contributed by atoms with Crippen LogP contribution in [0.25, 0.3) is 0 Å². The van der Waals surface area contributed by atoms with Gasteiger partial charge in [-0.1, -0.05) is 6.07 Å². The van der Waals surface area contributed by atoms with Crippen LogP contribution in [0.3, 0.4) is 0 Å². The Hall–Kier alpha value is -4.12. The number of phenols is 3. The number of benzene rings is 4. The first kappa shape index (κ1) is 24.0. The third kappa shape index (κ3) is 4.62. The van der Waals surface area contributed by atoms with E-state index >= 15 is 0 Å². The molecule has 0 aliphatic rings. The van der Waals surface area contributed by atoms with Crippen LogP contribution in [0.1, 0.15) is 33.4 Å². The molecule has 0 unspecified atom stereocenters. The van der Waals surface area contributed by atoms with Gasteiger partial charge in [0.2, 0.25) is 0 Å². The average molecular weight is 470 g/mol. The lowest BCUT2D eigenvalue weighted by atomic mass is 10.0. The van der Waals surface area contributed by atoms with Gasteiger partial charge in [0.15, 0.2) is 0 Å². The summed E-state index contributed by atoms with van der Waals surface area (Å²) < 4.78 is 6.06. The van der Waals surface area contributed by atoms with Gasteiger partial charge in [0.1, 0.15) is 28.7 Å². The van der Waals surface area contributed by atoms with Crippen molar-refractivity contribution in [2.24, 2.45) is 0 Å². The van der Waals surface area contributed by atoms with Gasteiger partial charge in [-0.25, -0.2) is 0 Å². The van der Waals surface area contributed by atoms with E-state index in [-0.39, 0.29) is 17.2 Å². The summed E-state index contributed by atoms with van der Waals surface area (Å²) in [7, 11) is 0. The summed E-state index contributed by atoms with van der Waals surface area (Å²) >= 11 is 0. The first-order valence-electron chi connectivity index (χ1n) is 11.5. The van der Waals surface area contributed by atoms with Crippen LogP contribution in [-0.4, -0.2) is 15.3 Å². The first-order valence-corrected chi connectivity index (χ1v) is 11.5. The molecule has 5 heteroatoms. The number of aryl methyl sites for hydroxylation is 5. The van der Waals surface area contributed by atoms with E-state index in [2.05, 4.69) is 4.90 Å². The number of hydrogen-bond acceptors (Lipinski definition) is 5. The van der Waals surface area contributed by atoms with Crippen molar-refractivity contribution in [3.8, 4) is 28.7 Å². The van der Waals surface area contributed by atoms with Gasteiger partial charge >= 0.3 is 0 Å². The molecule has 0 bridgehead atoms. The summed E-state index contributed by atoms with van der Waals surface area (Å²) in [6.45, 7) is 11.4. The Morgan fingerprint density at radius 1 is 0.571 bits per heavy atom. The molecule has 0 aliphatic carbocycles. The third-order valence-corrected chi connectivity index (χ3v) is 6.42. The lowest BCUT2D eigenvalue weighted by molar-refractivity contribution is 0.445. The molecule has 5 nitrogen and oxygen atoms in total. The van der Waals surface area contributed by atoms with Gasteiger partial charge in [-0.05, 0) is 124 Å². The molecule has 4 aromatic carbocycles. The Kier molecular flexibility index (Phi) is 6.35. The van der Waals surface area contributed by atoms with Crippen LogP contribution in [0.4, 0.5) is 17.1 Å². The predicted molar refractivity (Wildman–Crippen MR) is 141 cm³/mol. The van der Waals surface area contributed by atoms with E-state index in [1.807, 2.05) is 90.1 Å². The standard InChI is InChI=1S/C30H31NO4/c1-17-7-12-29(22(6)30(17)34)35-24-10-8-23(9-11-24)31(25-13-20(4)27(32)15-18(25)2)26-14-21(5)28(33)16-19(26)3/h7-16,32-34H,1-6H3. The van der Waals surface area contributed by atoms with Gasteiger partial charge in [-0.3, -0.25) is 0 Å². The summed E-state index contributed by atoms with van der Waals surface area (Å²) in [5.41, 5.74) is 7.66. The van der Waals surface area contributed by atoms with Crippen molar-refractivity contribution in [1.29, 1.82) is 0 Å². The maximum absolute atomic E-state index is 10.2. The molecule has 4 aromatic rings. The molecule has 0 spiro atoms. The van der Waals surface area contributed by atoms with Crippen molar-refractivity contribution in [2.45, 2.75) is 41.5 Å². The van der Waals surface area contributed by atoms with E-state index in [0.29, 0.717) is 17.1 Å². The molecule has 0 aromatic heterocycles. The molecule has 0 aliphatic heterocycles. The number of anilines is 3. The molecule has 4 rings (SSSR count). The van der Waals surface area contributed by atoms with Crippen molar-refractivity contribution < 1.29 is 20.1 Å². The summed E-state index contributed by atoms with van der Waals surface area (Å²) in [5.74, 6) is 2.00. The minimum atomic E-state index is 0.238. The molecule has 0 heterocycles. The number of hydrogen-bond donors (Lipinski definition) is 3. The van der Waals surface area contributed by atoms with Gasteiger partial charge < -0.3 is 25.0 Å². The maximum atomic E-state index is 10.2. The topological polar surface area (TPSA) is 73.2 Å². The van der Waals surface area contributed by atoms with E-state index in [4.69, 9.17) is 4.74 Å². The Bertz CT molecular complexity index is 1350. The Morgan fingerprint density at radius 3 is 1.60 bits per heavy atom. The fourth-order valence-electron chi connectivity index (χ4n) is 4.18. The molecule has 0 amide bonds. The molecule has 0 radical (unpaired) electrons. The van der Waals surface area contributed by atoms with E-state index in [1.54, 1.807) is 12.1 Å². The van der Waals surface area contributed by atoms with Crippen LogP contribution in [0.2, 0.25) is 0 Å². The number of rotatable bonds is 5. The quantitative estimate of drug-likeness (QED) is 0.277. The number of ether oxygens (including phenoxy) is 1. The van der Waals surface area contributed by atoms with Crippen molar-refractivity contribution in [1.82, 2.24) is 0 Å². The van der Waals surface area contributed by atoms with Crippen LogP contribution in [0.5, 0.6) is 28.7 Å². The predicted octanol–water partition coefficient (Wildman–Crippen LogP) is 7.92. The highest BCUT2D eigenvalue weighted by Crippen LogP contribution is 2.42. The summed E-state index contributed by atoms with van der Waals surface area (Å²) in [4.78, 5) is 2.12. The fourth-order valence-corrected chi connectivity index (χ4v) is 4.18. The molecule has 0 saturated carbocycles. The van der Waals surface area contributed by atoms with Gasteiger partial charge in [-0.2, -0.15) is 0 Å². The molecule has 35 heavy (non-hydrogen) atoms. The zero-order valence-electron chi connectivity index (χ0n) is 21.0. The van der Waals surface area contributed by atoms with Crippen LogP contribution in [0, 0.1) is 41.5 Å². The summed E-state index contributed by atoms with van der Waals surface area (Å²) in [6, 6.07) is 18.9. The lowest BCUT2D eigenvalue weighted by Gasteiger charge is -2.29. The summed E-state index contributed by atoms with van der Waals surface area (Å²) in [6.07, 6.45) is 0. The highest BCUT2D eigenvalue weighted by Gasteiger charge is 2.19. The molecular formula is C30H31NO4. The smallest absolute Gasteiger partial charge is 0.134 e. The van der Waals surface area contributed by atoms with E-state index < -0.39 is 0 Å². The molecular weight excluding hydrogens is 438 g/mol. The minimum absolute atomic E-state index is 0.238. The number of phenolic OH excluding ortho intramolecular Hbond substituents is 3. The van der Waals surface area contributed by atoms with Crippen LogP contribution in [0.15, 0.2) is 60.7 Å². The van der Waals surface area contributed by atoms with Crippen LogP contribution in [-0.2, 0) is 0 Å². The monoisotopic (exact) mass is 469 g/mol. The Morgan fingerprint density at radius 2 is 1.09 bits per heavy atom. The van der Waals surface area contributed by atoms with E-state index in [0.717, 1.165) is 44.9 Å². The first-order chi connectivity index (χ1) is 16.6. The van der Waals surface area contributed by atoms with Gasteiger partial charge in [0.05, 0.1) is 0 Å². The van der Waals surface area contributed by atoms with Crippen LogP contribution >= 0.6 is 0 Å². The number of aromatic hydroxyl groups is 3. The number of nitrogens with zero attached hydrogens (tertiary/aromatic N) is 1. The Labute approximate surface area is 206 Å². The highest BCUT2D eigenvalue weighted by atomic mass is 16.5. The third-order valence-electron chi connectivity index (χ3n) is 6.42. The zero-order valence-corrected chi connectivity index (χ0v) is 21.0. The Balaban J connectivity index is 1.80. The summed E-state index contributed by atoms with van der Waals surface area (Å²) in [5, 5.41) is 30.7.